The third kappa shape index (κ3) is 4.45. The molecule has 1 aromatic carbocycles. The van der Waals surface area contributed by atoms with E-state index in [4.69, 9.17) is 4.74 Å². The van der Waals surface area contributed by atoms with Crippen LogP contribution in [-0.2, 0) is 14.3 Å². The van der Waals surface area contributed by atoms with Crippen LogP contribution in [0.15, 0.2) is 30.3 Å². The molecule has 0 fully saturated rings. The molecule has 0 aromatic heterocycles. The number of amides is 1. The molecule has 0 aliphatic carbocycles. The Hall–Kier alpha value is -2.04. The normalized spacial score (nSPS) is 11.4. The van der Waals surface area contributed by atoms with E-state index in [1.54, 1.807) is 19.1 Å². The van der Waals surface area contributed by atoms with Crippen molar-refractivity contribution in [3.8, 4) is 5.75 Å². The summed E-state index contributed by atoms with van der Waals surface area (Å²) in [6.07, 6.45) is 0.476. The number of ether oxygens (including phenoxy) is 2. The van der Waals surface area contributed by atoms with Gasteiger partial charge in [0, 0.05) is 0 Å². The third-order valence-corrected chi connectivity index (χ3v) is 2.34. The lowest BCUT2D eigenvalue weighted by atomic mass is 10.2. The molecule has 0 bridgehead atoms. The van der Waals surface area contributed by atoms with Crippen LogP contribution in [0.2, 0.25) is 0 Å². The fourth-order valence-electron chi connectivity index (χ4n) is 1.37. The zero-order valence-electron chi connectivity index (χ0n) is 10.5. The van der Waals surface area contributed by atoms with Crippen molar-refractivity contribution in [2.45, 2.75) is 19.4 Å². The van der Waals surface area contributed by atoms with E-state index in [0.29, 0.717) is 12.2 Å². The van der Waals surface area contributed by atoms with Gasteiger partial charge < -0.3 is 14.8 Å². The number of hydrogen-bond donors (Lipinski definition) is 1. The van der Waals surface area contributed by atoms with Crippen LogP contribution < -0.4 is 10.1 Å². The lowest BCUT2D eigenvalue weighted by Crippen LogP contribution is -2.43. The Kier molecular flexibility index (Phi) is 5.70. The average molecular weight is 251 g/mol. The molecule has 0 aliphatic rings. The van der Waals surface area contributed by atoms with Crippen molar-refractivity contribution in [2.24, 2.45) is 0 Å². The number of para-hydroxylation sites is 1. The summed E-state index contributed by atoms with van der Waals surface area (Å²) >= 11 is 0. The number of esters is 1. The molecule has 18 heavy (non-hydrogen) atoms. The van der Waals surface area contributed by atoms with E-state index in [1.165, 1.54) is 7.11 Å². The van der Waals surface area contributed by atoms with Crippen molar-refractivity contribution >= 4 is 11.9 Å². The van der Waals surface area contributed by atoms with Crippen LogP contribution in [0.3, 0.4) is 0 Å². The first kappa shape index (κ1) is 14.0. The zero-order chi connectivity index (χ0) is 13.4. The molecule has 1 amide bonds. The van der Waals surface area contributed by atoms with Gasteiger partial charge in [0.1, 0.15) is 11.8 Å². The smallest absolute Gasteiger partial charge is 0.328 e. The van der Waals surface area contributed by atoms with Crippen LogP contribution in [0.5, 0.6) is 5.75 Å². The fraction of sp³-hybridized carbons (Fsp3) is 0.385. The summed E-state index contributed by atoms with van der Waals surface area (Å²) in [7, 11) is 1.29. The van der Waals surface area contributed by atoms with Crippen LogP contribution in [0, 0.1) is 0 Å². The molecule has 0 aliphatic heterocycles. The van der Waals surface area contributed by atoms with Crippen molar-refractivity contribution < 1.29 is 19.1 Å². The second-order valence-electron chi connectivity index (χ2n) is 3.65. The van der Waals surface area contributed by atoms with Crippen LogP contribution >= 0.6 is 0 Å². The number of rotatable bonds is 6. The SMILES string of the molecule is CCC(NC(=O)COc1ccccc1)C(=O)OC. The standard InChI is InChI=1S/C13H17NO4/c1-3-11(13(16)17-2)14-12(15)9-18-10-7-5-4-6-8-10/h4-8,11H,3,9H2,1-2H3,(H,14,15). The lowest BCUT2D eigenvalue weighted by molar-refractivity contribution is -0.145. The minimum absolute atomic E-state index is 0.127. The number of benzene rings is 1. The van der Waals surface area contributed by atoms with E-state index in [2.05, 4.69) is 10.1 Å². The van der Waals surface area contributed by atoms with E-state index >= 15 is 0 Å². The predicted octanol–water partition coefficient (Wildman–Crippen LogP) is 1.13. The molecule has 1 unspecified atom stereocenters. The summed E-state index contributed by atoms with van der Waals surface area (Å²) in [6, 6.07) is 8.38. The maximum absolute atomic E-state index is 11.6. The van der Waals surface area contributed by atoms with Crippen molar-refractivity contribution in [1.82, 2.24) is 5.32 Å². The molecular formula is C13H17NO4. The molecule has 1 atom stereocenters. The molecule has 5 heteroatoms. The molecule has 0 spiro atoms. The number of carbonyl (C=O) groups is 2. The van der Waals surface area contributed by atoms with Gasteiger partial charge in [-0.15, -0.1) is 0 Å². The summed E-state index contributed by atoms with van der Waals surface area (Å²) in [6.45, 7) is 1.66. The van der Waals surface area contributed by atoms with Gasteiger partial charge in [-0.3, -0.25) is 4.79 Å². The molecular weight excluding hydrogens is 234 g/mol. The number of hydrogen-bond acceptors (Lipinski definition) is 4. The van der Waals surface area contributed by atoms with Gasteiger partial charge in [0.25, 0.3) is 5.91 Å². The molecule has 98 valence electrons. The second-order valence-corrected chi connectivity index (χ2v) is 3.65. The minimum atomic E-state index is -0.623. The average Bonchev–Trinajstić information content (AvgIpc) is 2.42. The first-order chi connectivity index (χ1) is 8.67. The summed E-state index contributed by atoms with van der Waals surface area (Å²) in [4.78, 5) is 22.8. The number of nitrogens with one attached hydrogen (secondary N) is 1. The summed E-state index contributed by atoms with van der Waals surface area (Å²) in [5.41, 5.74) is 0. The molecule has 5 nitrogen and oxygen atoms in total. The highest BCUT2D eigenvalue weighted by Crippen LogP contribution is 2.07. The zero-order valence-corrected chi connectivity index (χ0v) is 10.5. The minimum Gasteiger partial charge on any atom is -0.484 e. The Balaban J connectivity index is 2.39. The molecule has 0 heterocycles. The van der Waals surface area contributed by atoms with Gasteiger partial charge in [0.05, 0.1) is 7.11 Å². The number of methoxy groups -OCH3 is 1. The van der Waals surface area contributed by atoms with E-state index in [1.807, 2.05) is 18.2 Å². The van der Waals surface area contributed by atoms with E-state index in [-0.39, 0.29) is 12.5 Å². The van der Waals surface area contributed by atoms with Crippen molar-refractivity contribution in [2.75, 3.05) is 13.7 Å². The molecule has 1 aromatic rings. The van der Waals surface area contributed by atoms with Crippen molar-refractivity contribution in [1.29, 1.82) is 0 Å². The Morgan fingerprint density at radius 1 is 1.28 bits per heavy atom. The van der Waals surface area contributed by atoms with Gasteiger partial charge in [-0.25, -0.2) is 4.79 Å². The fourth-order valence-corrected chi connectivity index (χ4v) is 1.37. The van der Waals surface area contributed by atoms with Crippen molar-refractivity contribution in [3.05, 3.63) is 30.3 Å². The Morgan fingerprint density at radius 2 is 1.94 bits per heavy atom. The van der Waals surface area contributed by atoms with Crippen LogP contribution in [0.1, 0.15) is 13.3 Å². The van der Waals surface area contributed by atoms with Crippen LogP contribution in [-0.4, -0.2) is 31.6 Å². The van der Waals surface area contributed by atoms with Crippen LogP contribution in [0.4, 0.5) is 0 Å². The van der Waals surface area contributed by atoms with Crippen molar-refractivity contribution in [3.63, 3.8) is 0 Å². The summed E-state index contributed by atoms with van der Waals surface area (Å²) < 4.78 is 9.83. The van der Waals surface area contributed by atoms with Gasteiger partial charge in [0.15, 0.2) is 6.61 Å². The Morgan fingerprint density at radius 3 is 2.50 bits per heavy atom. The quantitative estimate of drug-likeness (QED) is 0.770. The highest BCUT2D eigenvalue weighted by molar-refractivity contribution is 5.85. The van der Waals surface area contributed by atoms with Gasteiger partial charge in [-0.1, -0.05) is 25.1 Å². The summed E-state index contributed by atoms with van der Waals surface area (Å²) in [5.74, 6) is -0.194. The maximum Gasteiger partial charge on any atom is 0.328 e. The number of carbonyl (C=O) groups excluding carboxylic acids is 2. The monoisotopic (exact) mass is 251 g/mol. The van der Waals surface area contributed by atoms with E-state index in [9.17, 15) is 9.59 Å². The molecule has 0 saturated heterocycles. The van der Waals surface area contributed by atoms with Gasteiger partial charge >= 0.3 is 5.97 Å². The second kappa shape index (κ2) is 7.32. The molecule has 1 rings (SSSR count). The van der Waals surface area contributed by atoms with Crippen LogP contribution in [0.25, 0.3) is 0 Å². The predicted molar refractivity (Wildman–Crippen MR) is 66.2 cm³/mol. The maximum atomic E-state index is 11.6. The molecule has 0 radical (unpaired) electrons. The highest BCUT2D eigenvalue weighted by atomic mass is 16.5. The molecule has 0 saturated carbocycles. The van der Waals surface area contributed by atoms with Gasteiger partial charge in [-0.2, -0.15) is 0 Å². The topological polar surface area (TPSA) is 64.6 Å². The lowest BCUT2D eigenvalue weighted by Gasteiger charge is -2.14. The van der Waals surface area contributed by atoms with Gasteiger partial charge in [-0.05, 0) is 18.6 Å². The summed E-state index contributed by atoms with van der Waals surface area (Å²) in [5, 5.41) is 2.55. The van der Waals surface area contributed by atoms with E-state index in [0.717, 1.165) is 0 Å². The van der Waals surface area contributed by atoms with Gasteiger partial charge in [0.2, 0.25) is 0 Å². The molecule has 1 N–H and O–H groups in total. The third-order valence-electron chi connectivity index (χ3n) is 2.34. The largest absolute Gasteiger partial charge is 0.484 e. The Labute approximate surface area is 106 Å². The highest BCUT2D eigenvalue weighted by Gasteiger charge is 2.19. The Bertz CT molecular complexity index is 391. The first-order valence-electron chi connectivity index (χ1n) is 5.72. The first-order valence-corrected chi connectivity index (χ1v) is 5.72. The van der Waals surface area contributed by atoms with E-state index < -0.39 is 12.0 Å².